The second kappa shape index (κ2) is 8.95. The number of benzene rings is 2. The van der Waals surface area contributed by atoms with Crippen molar-refractivity contribution in [3.8, 4) is 5.75 Å². The molecule has 2 aliphatic heterocycles. The predicted octanol–water partition coefficient (Wildman–Crippen LogP) is 3.04. The Morgan fingerprint density at radius 3 is 2.64 bits per heavy atom. The lowest BCUT2D eigenvalue weighted by molar-refractivity contribution is 0.0768. The monoisotopic (exact) mass is 399 g/mol. The van der Waals surface area contributed by atoms with E-state index in [4.69, 9.17) is 16.3 Å². The van der Waals surface area contributed by atoms with Gasteiger partial charge in [0.15, 0.2) is 0 Å². The van der Waals surface area contributed by atoms with E-state index in [9.17, 15) is 4.79 Å². The zero-order valence-electron chi connectivity index (χ0n) is 15.9. The maximum Gasteiger partial charge on any atom is 0.257 e. The number of amides is 1. The number of likely N-dealkylation sites (tertiary alicyclic amines) is 1. The number of hydrogen-bond donors (Lipinski definition) is 1. The minimum atomic E-state index is 0.0485. The Morgan fingerprint density at radius 2 is 1.82 bits per heavy atom. The lowest BCUT2D eigenvalue weighted by Crippen LogP contribution is -2.49. The number of carbonyl (C=O) groups excluding carboxylic acids is 1. The number of nitrogens with zero attached hydrogens (tertiary/aromatic N) is 2. The molecule has 2 aromatic carbocycles. The van der Waals surface area contributed by atoms with Crippen molar-refractivity contribution in [2.75, 3.05) is 39.3 Å². The Balaban J connectivity index is 1.42. The highest BCUT2D eigenvalue weighted by molar-refractivity contribution is 6.31. The number of hydrogen-bond acceptors (Lipinski definition) is 4. The highest BCUT2D eigenvalue weighted by Crippen LogP contribution is 2.25. The van der Waals surface area contributed by atoms with Crippen molar-refractivity contribution in [2.45, 2.75) is 19.1 Å². The molecule has 28 heavy (non-hydrogen) atoms. The van der Waals surface area contributed by atoms with Gasteiger partial charge in [0.1, 0.15) is 12.4 Å². The summed E-state index contributed by atoms with van der Waals surface area (Å²) in [5, 5.41) is 4.06. The first-order valence-corrected chi connectivity index (χ1v) is 10.3. The van der Waals surface area contributed by atoms with E-state index in [0.29, 0.717) is 29.0 Å². The van der Waals surface area contributed by atoms with Gasteiger partial charge in [-0.3, -0.25) is 9.69 Å². The van der Waals surface area contributed by atoms with Gasteiger partial charge in [-0.2, -0.15) is 0 Å². The molecule has 4 rings (SSSR count). The molecule has 0 aliphatic carbocycles. The van der Waals surface area contributed by atoms with Gasteiger partial charge in [0.05, 0.1) is 5.56 Å². The molecule has 0 bridgehead atoms. The molecule has 148 valence electrons. The second-order valence-electron chi connectivity index (χ2n) is 7.36. The summed E-state index contributed by atoms with van der Waals surface area (Å²) in [5.41, 5.74) is 1.53. The number of nitrogens with one attached hydrogen (secondary N) is 1. The van der Waals surface area contributed by atoms with Crippen molar-refractivity contribution >= 4 is 17.5 Å². The first-order valence-electron chi connectivity index (χ1n) is 9.91. The Morgan fingerprint density at radius 1 is 1.07 bits per heavy atom. The number of para-hydroxylation sites is 1. The summed E-state index contributed by atoms with van der Waals surface area (Å²) >= 11 is 6.22. The lowest BCUT2D eigenvalue weighted by atomic mass is 10.1. The predicted molar refractivity (Wildman–Crippen MR) is 111 cm³/mol. The molecule has 5 nitrogen and oxygen atoms in total. The van der Waals surface area contributed by atoms with Crippen LogP contribution in [-0.2, 0) is 6.61 Å². The van der Waals surface area contributed by atoms with Gasteiger partial charge < -0.3 is 15.0 Å². The van der Waals surface area contributed by atoms with E-state index in [-0.39, 0.29) is 5.91 Å². The summed E-state index contributed by atoms with van der Waals surface area (Å²) in [7, 11) is 0. The minimum absolute atomic E-state index is 0.0485. The topological polar surface area (TPSA) is 44.8 Å². The van der Waals surface area contributed by atoms with Crippen molar-refractivity contribution < 1.29 is 9.53 Å². The van der Waals surface area contributed by atoms with Crippen LogP contribution in [-0.4, -0.2) is 61.0 Å². The van der Waals surface area contributed by atoms with Gasteiger partial charge in [-0.05, 0) is 24.6 Å². The van der Waals surface area contributed by atoms with E-state index < -0.39 is 0 Å². The molecule has 0 saturated carbocycles. The summed E-state index contributed by atoms with van der Waals surface area (Å²) in [6.07, 6.45) is 1.04. The zero-order chi connectivity index (χ0) is 19.3. The van der Waals surface area contributed by atoms with E-state index in [1.807, 2.05) is 53.4 Å². The maximum absolute atomic E-state index is 13.2. The Hall–Kier alpha value is -2.08. The lowest BCUT2D eigenvalue weighted by Gasteiger charge is -2.32. The average Bonchev–Trinajstić information content (AvgIpc) is 3.24. The molecule has 1 unspecified atom stereocenters. The third kappa shape index (κ3) is 4.32. The molecular formula is C22H26ClN3O2. The van der Waals surface area contributed by atoms with E-state index >= 15 is 0 Å². The van der Waals surface area contributed by atoms with Gasteiger partial charge in [-0.15, -0.1) is 0 Å². The van der Waals surface area contributed by atoms with Crippen LogP contribution in [0.5, 0.6) is 5.75 Å². The maximum atomic E-state index is 13.2. The third-order valence-corrected chi connectivity index (χ3v) is 5.95. The minimum Gasteiger partial charge on any atom is -0.488 e. The Labute approximate surface area is 171 Å². The number of ether oxygens (including phenoxy) is 1. The van der Waals surface area contributed by atoms with Crippen molar-refractivity contribution in [1.29, 1.82) is 0 Å². The van der Waals surface area contributed by atoms with E-state index in [2.05, 4.69) is 10.2 Å². The van der Waals surface area contributed by atoms with Crippen molar-refractivity contribution in [3.63, 3.8) is 0 Å². The first-order chi connectivity index (χ1) is 13.7. The summed E-state index contributed by atoms with van der Waals surface area (Å²) in [6.45, 7) is 6.11. The highest BCUT2D eigenvalue weighted by atomic mass is 35.5. The largest absolute Gasteiger partial charge is 0.488 e. The molecule has 0 radical (unpaired) electrons. The van der Waals surface area contributed by atoms with E-state index in [1.165, 1.54) is 0 Å². The standard InChI is InChI=1S/C22H26ClN3O2/c23-20-7-3-1-5-17(20)16-28-21-8-4-2-6-19(21)22(27)26-12-9-18(15-26)25-13-10-24-11-14-25/h1-8,18,24H,9-16H2. The fraction of sp³-hybridized carbons (Fsp3) is 0.409. The van der Waals surface area contributed by atoms with Crippen LogP contribution in [0.25, 0.3) is 0 Å². The number of halogens is 1. The molecule has 2 fully saturated rings. The number of carbonyl (C=O) groups is 1. The second-order valence-corrected chi connectivity index (χ2v) is 7.76. The van der Waals surface area contributed by atoms with Crippen LogP contribution in [0, 0.1) is 0 Å². The Kier molecular flexibility index (Phi) is 6.15. The van der Waals surface area contributed by atoms with Gasteiger partial charge in [0.25, 0.3) is 5.91 Å². The molecule has 0 spiro atoms. The zero-order valence-corrected chi connectivity index (χ0v) is 16.7. The van der Waals surface area contributed by atoms with Crippen molar-refractivity contribution in [3.05, 3.63) is 64.7 Å². The van der Waals surface area contributed by atoms with Crippen LogP contribution in [0.15, 0.2) is 48.5 Å². The van der Waals surface area contributed by atoms with Gasteiger partial charge in [0.2, 0.25) is 0 Å². The van der Waals surface area contributed by atoms with E-state index in [1.54, 1.807) is 0 Å². The fourth-order valence-electron chi connectivity index (χ4n) is 3.98. The molecule has 2 saturated heterocycles. The van der Waals surface area contributed by atoms with E-state index in [0.717, 1.165) is 51.3 Å². The quantitative estimate of drug-likeness (QED) is 0.839. The van der Waals surface area contributed by atoms with Crippen LogP contribution in [0.2, 0.25) is 5.02 Å². The molecule has 6 heteroatoms. The molecule has 1 atom stereocenters. The normalized spacial score (nSPS) is 20.3. The molecule has 2 heterocycles. The van der Waals surface area contributed by atoms with Gasteiger partial charge in [-0.1, -0.05) is 41.9 Å². The fourth-order valence-corrected chi connectivity index (χ4v) is 4.17. The third-order valence-electron chi connectivity index (χ3n) is 5.58. The van der Waals surface area contributed by atoms with Gasteiger partial charge in [0, 0.05) is 55.9 Å². The van der Waals surface area contributed by atoms with Crippen LogP contribution < -0.4 is 10.1 Å². The van der Waals surface area contributed by atoms with Crippen LogP contribution in [0.3, 0.4) is 0 Å². The van der Waals surface area contributed by atoms with Gasteiger partial charge >= 0.3 is 0 Å². The van der Waals surface area contributed by atoms with Crippen LogP contribution in [0.4, 0.5) is 0 Å². The van der Waals surface area contributed by atoms with Gasteiger partial charge in [-0.25, -0.2) is 0 Å². The van der Waals surface area contributed by atoms with Crippen molar-refractivity contribution in [2.24, 2.45) is 0 Å². The molecule has 1 amide bonds. The summed E-state index contributed by atoms with van der Waals surface area (Å²) < 4.78 is 5.98. The summed E-state index contributed by atoms with van der Waals surface area (Å²) in [6, 6.07) is 15.6. The first kappa shape index (κ1) is 19.2. The molecule has 0 aromatic heterocycles. The summed E-state index contributed by atoms with van der Waals surface area (Å²) in [5.74, 6) is 0.658. The molecule has 2 aliphatic rings. The molecular weight excluding hydrogens is 374 g/mol. The number of piperazine rings is 1. The average molecular weight is 400 g/mol. The van der Waals surface area contributed by atoms with Crippen molar-refractivity contribution in [1.82, 2.24) is 15.1 Å². The highest BCUT2D eigenvalue weighted by Gasteiger charge is 2.32. The van der Waals surface area contributed by atoms with Crippen LogP contribution >= 0.6 is 11.6 Å². The molecule has 2 aromatic rings. The Bertz CT molecular complexity index is 823. The summed E-state index contributed by atoms with van der Waals surface area (Å²) in [4.78, 5) is 17.6. The smallest absolute Gasteiger partial charge is 0.257 e. The molecule has 1 N–H and O–H groups in total. The van der Waals surface area contributed by atoms with Crippen LogP contribution in [0.1, 0.15) is 22.3 Å². The number of rotatable bonds is 5. The SMILES string of the molecule is O=C(c1ccccc1OCc1ccccc1Cl)N1CCC(N2CCNCC2)C1.